The predicted molar refractivity (Wildman–Crippen MR) is 76.5 cm³/mol. The van der Waals surface area contributed by atoms with Gasteiger partial charge in [-0.3, -0.25) is 9.59 Å². The van der Waals surface area contributed by atoms with Crippen LogP contribution >= 0.6 is 43.5 Å². The molecule has 1 unspecified atom stereocenters. The molecule has 1 aliphatic rings. The second-order valence-corrected chi connectivity index (χ2v) is 6.17. The molecule has 1 aromatic rings. The predicted octanol–water partition coefficient (Wildman–Crippen LogP) is 2.70. The number of nitrogens with zero attached hydrogens (tertiary/aromatic N) is 1. The van der Waals surface area contributed by atoms with Crippen LogP contribution in [0.25, 0.3) is 0 Å². The Bertz CT molecular complexity index is 513. The highest BCUT2D eigenvalue weighted by molar-refractivity contribution is 9.11. The van der Waals surface area contributed by atoms with E-state index in [0.29, 0.717) is 26.2 Å². The summed E-state index contributed by atoms with van der Waals surface area (Å²) in [5.74, 6) is -1.01. The minimum Gasteiger partial charge on any atom is -0.369 e. The standard InChI is InChI=1S/C11H9Br2ClN2O2/c12-7-2-6(14)3-8(13)10(7)16-4-5(11(15)18)1-9(16)17/h2-3,5H,1,4H2,(H2,15,18). The molecule has 2 amide bonds. The lowest BCUT2D eigenvalue weighted by molar-refractivity contribution is -0.123. The fourth-order valence-corrected chi connectivity index (χ4v) is 4.00. The van der Waals surface area contributed by atoms with Crippen LogP contribution in [0.5, 0.6) is 0 Å². The Labute approximate surface area is 126 Å². The monoisotopic (exact) mass is 394 g/mol. The molecular formula is C11H9Br2ClN2O2. The maximum atomic E-state index is 11.9. The summed E-state index contributed by atoms with van der Waals surface area (Å²) in [6, 6.07) is 3.40. The second kappa shape index (κ2) is 5.19. The fourth-order valence-electron chi connectivity index (χ4n) is 1.91. The lowest BCUT2D eigenvalue weighted by Gasteiger charge is -2.20. The largest absolute Gasteiger partial charge is 0.369 e. The molecule has 18 heavy (non-hydrogen) atoms. The lowest BCUT2D eigenvalue weighted by atomic mass is 10.1. The number of anilines is 1. The van der Waals surface area contributed by atoms with Crippen LogP contribution in [0.2, 0.25) is 5.02 Å². The van der Waals surface area contributed by atoms with Crippen LogP contribution in [-0.4, -0.2) is 18.4 Å². The number of benzene rings is 1. The molecule has 1 saturated heterocycles. The molecule has 1 aromatic carbocycles. The molecule has 0 radical (unpaired) electrons. The van der Waals surface area contributed by atoms with Gasteiger partial charge in [0.2, 0.25) is 11.8 Å². The lowest BCUT2D eigenvalue weighted by Crippen LogP contribution is -2.28. The number of rotatable bonds is 2. The Balaban J connectivity index is 2.39. The van der Waals surface area contributed by atoms with E-state index in [1.807, 2.05) is 0 Å². The van der Waals surface area contributed by atoms with Crippen LogP contribution in [0.4, 0.5) is 5.69 Å². The molecule has 0 bridgehead atoms. The highest BCUT2D eigenvalue weighted by Crippen LogP contribution is 2.39. The van der Waals surface area contributed by atoms with Crippen molar-refractivity contribution in [2.75, 3.05) is 11.4 Å². The maximum absolute atomic E-state index is 11.9. The van der Waals surface area contributed by atoms with Gasteiger partial charge >= 0.3 is 0 Å². The summed E-state index contributed by atoms with van der Waals surface area (Å²) in [6.45, 7) is 0.299. The van der Waals surface area contributed by atoms with Gasteiger partial charge in [-0.15, -0.1) is 0 Å². The van der Waals surface area contributed by atoms with Crippen molar-refractivity contribution in [3.05, 3.63) is 26.1 Å². The minimum atomic E-state index is -0.452. The SMILES string of the molecule is NC(=O)C1CC(=O)N(c2c(Br)cc(Cl)cc2Br)C1. The summed E-state index contributed by atoms with van der Waals surface area (Å²) in [6.07, 6.45) is 0.150. The van der Waals surface area contributed by atoms with E-state index in [9.17, 15) is 9.59 Å². The number of carbonyl (C=O) groups is 2. The van der Waals surface area contributed by atoms with Crippen LogP contribution in [0.1, 0.15) is 6.42 Å². The first-order valence-corrected chi connectivity index (χ1v) is 7.10. The highest BCUT2D eigenvalue weighted by Gasteiger charge is 2.35. The van der Waals surface area contributed by atoms with Crippen molar-refractivity contribution in [2.45, 2.75) is 6.42 Å². The van der Waals surface area contributed by atoms with E-state index in [4.69, 9.17) is 17.3 Å². The van der Waals surface area contributed by atoms with Crippen molar-refractivity contribution < 1.29 is 9.59 Å². The van der Waals surface area contributed by atoms with Gasteiger partial charge in [0.05, 0.1) is 11.6 Å². The number of halogens is 3. The normalized spacial score (nSPS) is 19.4. The summed E-state index contributed by atoms with van der Waals surface area (Å²) < 4.78 is 1.39. The molecule has 1 aliphatic heterocycles. The number of nitrogens with two attached hydrogens (primary N) is 1. The number of hydrogen-bond acceptors (Lipinski definition) is 2. The van der Waals surface area contributed by atoms with Crippen molar-refractivity contribution in [3.63, 3.8) is 0 Å². The van der Waals surface area contributed by atoms with E-state index in [1.54, 1.807) is 17.0 Å². The van der Waals surface area contributed by atoms with Crippen LogP contribution in [0.3, 0.4) is 0 Å². The third kappa shape index (κ3) is 2.55. The quantitative estimate of drug-likeness (QED) is 0.836. The molecule has 4 nitrogen and oxygen atoms in total. The summed E-state index contributed by atoms with van der Waals surface area (Å²) in [5, 5.41) is 0.551. The third-order valence-electron chi connectivity index (χ3n) is 2.78. The number of primary amides is 1. The van der Waals surface area contributed by atoms with E-state index in [-0.39, 0.29) is 12.3 Å². The molecule has 1 fully saturated rings. The maximum Gasteiger partial charge on any atom is 0.227 e. The Kier molecular flexibility index (Phi) is 3.99. The average Bonchev–Trinajstić information content (AvgIpc) is 2.59. The van der Waals surface area contributed by atoms with Crippen molar-refractivity contribution in [2.24, 2.45) is 11.7 Å². The van der Waals surface area contributed by atoms with Gasteiger partial charge in [-0.25, -0.2) is 0 Å². The summed E-state index contributed by atoms with van der Waals surface area (Å²) in [7, 11) is 0. The van der Waals surface area contributed by atoms with Gasteiger partial charge in [-0.1, -0.05) is 11.6 Å². The molecule has 1 heterocycles. The molecule has 7 heteroatoms. The van der Waals surface area contributed by atoms with E-state index in [0.717, 1.165) is 0 Å². The number of amides is 2. The Hall–Kier alpha value is -0.590. The van der Waals surface area contributed by atoms with Crippen molar-refractivity contribution in [1.82, 2.24) is 0 Å². The van der Waals surface area contributed by atoms with Crippen molar-refractivity contribution >= 4 is 61.0 Å². The summed E-state index contributed by atoms with van der Waals surface area (Å²) in [4.78, 5) is 24.6. The molecule has 0 spiro atoms. The van der Waals surface area contributed by atoms with Gasteiger partial charge in [0.1, 0.15) is 0 Å². The number of hydrogen-bond donors (Lipinski definition) is 1. The molecule has 1 atom stereocenters. The van der Waals surface area contributed by atoms with Gasteiger partial charge in [-0.05, 0) is 44.0 Å². The average molecular weight is 396 g/mol. The molecule has 2 rings (SSSR count). The first kappa shape index (κ1) is 13.8. The van der Waals surface area contributed by atoms with Gasteiger partial charge in [-0.2, -0.15) is 0 Å². The molecular weight excluding hydrogens is 387 g/mol. The van der Waals surface area contributed by atoms with E-state index in [1.165, 1.54) is 0 Å². The van der Waals surface area contributed by atoms with Gasteiger partial charge in [0.15, 0.2) is 0 Å². The first-order valence-electron chi connectivity index (χ1n) is 5.14. The van der Waals surface area contributed by atoms with Gasteiger partial charge < -0.3 is 10.6 Å². The Morgan fingerprint density at radius 1 is 1.39 bits per heavy atom. The van der Waals surface area contributed by atoms with Crippen LogP contribution in [0, 0.1) is 5.92 Å². The molecule has 0 saturated carbocycles. The third-order valence-corrected chi connectivity index (χ3v) is 4.21. The van der Waals surface area contributed by atoms with Crippen molar-refractivity contribution in [3.8, 4) is 0 Å². The zero-order chi connectivity index (χ0) is 13.4. The molecule has 0 aromatic heterocycles. The Morgan fingerprint density at radius 3 is 2.39 bits per heavy atom. The zero-order valence-corrected chi connectivity index (χ0v) is 13.0. The Morgan fingerprint density at radius 2 is 1.94 bits per heavy atom. The first-order chi connectivity index (χ1) is 8.40. The number of carbonyl (C=O) groups excluding carboxylic acids is 2. The van der Waals surface area contributed by atoms with E-state index < -0.39 is 11.8 Å². The topological polar surface area (TPSA) is 63.4 Å². The van der Waals surface area contributed by atoms with Gasteiger partial charge in [0.25, 0.3) is 0 Å². The van der Waals surface area contributed by atoms with Crippen LogP contribution < -0.4 is 10.6 Å². The molecule has 2 N–H and O–H groups in total. The van der Waals surface area contributed by atoms with Crippen LogP contribution in [-0.2, 0) is 9.59 Å². The molecule has 0 aliphatic carbocycles. The summed E-state index contributed by atoms with van der Waals surface area (Å²) in [5.41, 5.74) is 5.91. The fraction of sp³-hybridized carbons (Fsp3) is 0.273. The van der Waals surface area contributed by atoms with Crippen molar-refractivity contribution in [1.29, 1.82) is 0 Å². The zero-order valence-electron chi connectivity index (χ0n) is 9.12. The van der Waals surface area contributed by atoms with Crippen LogP contribution in [0.15, 0.2) is 21.1 Å². The minimum absolute atomic E-state index is 0.123. The smallest absolute Gasteiger partial charge is 0.227 e. The summed E-state index contributed by atoms with van der Waals surface area (Å²) >= 11 is 12.6. The van der Waals surface area contributed by atoms with Gasteiger partial charge in [0, 0.05) is 26.9 Å². The molecule has 96 valence electrons. The van der Waals surface area contributed by atoms with E-state index >= 15 is 0 Å². The second-order valence-electron chi connectivity index (χ2n) is 4.03. The van der Waals surface area contributed by atoms with E-state index in [2.05, 4.69) is 31.9 Å². The highest BCUT2D eigenvalue weighted by atomic mass is 79.9.